The summed E-state index contributed by atoms with van der Waals surface area (Å²) in [6.07, 6.45) is 4.54. The van der Waals surface area contributed by atoms with Crippen molar-refractivity contribution in [1.29, 1.82) is 0 Å². The predicted octanol–water partition coefficient (Wildman–Crippen LogP) is 1.82. The number of Topliss-reactive ketones (excluding diaryl/α,β-unsaturated/α-hetero) is 1. The molecule has 0 bridgehead atoms. The van der Waals surface area contributed by atoms with Crippen LogP contribution in [0.25, 0.3) is 0 Å². The highest BCUT2D eigenvalue weighted by molar-refractivity contribution is 7.07. The monoisotopic (exact) mass is 279 g/mol. The lowest BCUT2D eigenvalue weighted by atomic mass is 9.95. The van der Waals surface area contributed by atoms with E-state index in [1.54, 1.807) is 0 Å². The predicted molar refractivity (Wildman–Crippen MR) is 71.1 cm³/mol. The molecule has 2 aliphatic rings. The lowest BCUT2D eigenvalue weighted by Crippen LogP contribution is -2.41. The number of rotatable bonds is 2. The quantitative estimate of drug-likeness (QED) is 0.828. The molecule has 2 unspecified atom stereocenters. The van der Waals surface area contributed by atoms with Crippen molar-refractivity contribution in [2.45, 2.75) is 45.1 Å². The zero-order chi connectivity index (χ0) is 13.4. The minimum Gasteiger partial charge on any atom is -0.334 e. The highest BCUT2D eigenvalue weighted by Gasteiger charge is 2.40. The van der Waals surface area contributed by atoms with Gasteiger partial charge in [-0.25, -0.2) is 0 Å². The van der Waals surface area contributed by atoms with Crippen LogP contribution in [0.1, 0.15) is 47.5 Å². The number of aryl methyl sites for hydroxylation is 1. The largest absolute Gasteiger partial charge is 0.334 e. The van der Waals surface area contributed by atoms with E-state index < -0.39 is 0 Å². The molecule has 0 spiro atoms. The topological polar surface area (TPSA) is 63.2 Å². The molecule has 0 radical (unpaired) electrons. The third kappa shape index (κ3) is 2.18. The second-order valence-electron chi connectivity index (χ2n) is 5.36. The van der Waals surface area contributed by atoms with E-state index in [2.05, 4.69) is 9.59 Å². The van der Waals surface area contributed by atoms with E-state index in [0.717, 1.165) is 43.8 Å². The van der Waals surface area contributed by atoms with Crippen LogP contribution in [0.3, 0.4) is 0 Å². The van der Waals surface area contributed by atoms with E-state index in [1.165, 1.54) is 0 Å². The Morgan fingerprint density at radius 2 is 2.21 bits per heavy atom. The van der Waals surface area contributed by atoms with Crippen molar-refractivity contribution in [2.75, 3.05) is 6.54 Å². The van der Waals surface area contributed by atoms with E-state index in [1.807, 2.05) is 11.8 Å². The third-order valence-corrected chi connectivity index (χ3v) is 5.04. The maximum atomic E-state index is 12.5. The van der Waals surface area contributed by atoms with Crippen LogP contribution in [0.4, 0.5) is 0 Å². The van der Waals surface area contributed by atoms with Gasteiger partial charge in [-0.05, 0) is 44.1 Å². The maximum absolute atomic E-state index is 12.5. The van der Waals surface area contributed by atoms with Crippen molar-refractivity contribution in [3.63, 3.8) is 0 Å². The summed E-state index contributed by atoms with van der Waals surface area (Å²) in [5, 5.41) is 3.90. The Bertz CT molecular complexity index is 514. The molecule has 1 saturated carbocycles. The van der Waals surface area contributed by atoms with Crippen LogP contribution in [0.2, 0.25) is 0 Å². The van der Waals surface area contributed by atoms with Gasteiger partial charge in [0.15, 0.2) is 0 Å². The molecule has 1 aromatic rings. The van der Waals surface area contributed by atoms with E-state index in [-0.39, 0.29) is 17.9 Å². The van der Waals surface area contributed by atoms with Gasteiger partial charge in [0.25, 0.3) is 5.91 Å². The van der Waals surface area contributed by atoms with E-state index >= 15 is 0 Å². The van der Waals surface area contributed by atoms with Gasteiger partial charge < -0.3 is 4.90 Å². The van der Waals surface area contributed by atoms with Crippen LogP contribution in [0.5, 0.6) is 0 Å². The maximum Gasteiger partial charge on any atom is 0.267 e. The molecule has 2 atom stereocenters. The van der Waals surface area contributed by atoms with Gasteiger partial charge >= 0.3 is 0 Å². The highest BCUT2D eigenvalue weighted by Crippen LogP contribution is 2.34. The summed E-state index contributed by atoms with van der Waals surface area (Å²) < 4.78 is 3.83. The number of ketones is 1. The zero-order valence-corrected chi connectivity index (χ0v) is 11.8. The number of nitrogens with zero attached hydrogens (tertiary/aromatic N) is 3. The average Bonchev–Trinajstić information content (AvgIpc) is 3.07. The Morgan fingerprint density at radius 3 is 2.84 bits per heavy atom. The number of likely N-dealkylation sites (tertiary alicyclic amines) is 1. The Kier molecular flexibility index (Phi) is 3.35. The summed E-state index contributed by atoms with van der Waals surface area (Å²) in [6.45, 7) is 2.56. The van der Waals surface area contributed by atoms with Gasteiger partial charge in [-0.2, -0.15) is 0 Å². The molecule has 1 aliphatic heterocycles. The summed E-state index contributed by atoms with van der Waals surface area (Å²) >= 11 is 1.15. The second-order valence-corrected chi connectivity index (χ2v) is 6.11. The fourth-order valence-electron chi connectivity index (χ4n) is 3.27. The van der Waals surface area contributed by atoms with Gasteiger partial charge in [-0.15, -0.1) is 5.10 Å². The summed E-state index contributed by atoms with van der Waals surface area (Å²) in [5.74, 6) is 0.409. The molecular weight excluding hydrogens is 262 g/mol. The fourth-order valence-corrected chi connectivity index (χ4v) is 3.88. The Morgan fingerprint density at radius 1 is 1.37 bits per heavy atom. The van der Waals surface area contributed by atoms with Gasteiger partial charge in [-0.3, -0.25) is 9.59 Å². The lowest BCUT2D eigenvalue weighted by Gasteiger charge is -2.28. The number of aromatic nitrogens is 2. The standard InChI is InChI=1S/C13H17N3O2S/c1-8-12(19-15-14-8)13(18)16-7-3-5-10(16)9-4-2-6-11(9)17/h9-10H,2-7H2,1H3. The first-order valence-electron chi connectivity index (χ1n) is 6.81. The molecule has 2 heterocycles. The molecule has 2 fully saturated rings. The van der Waals surface area contributed by atoms with Gasteiger partial charge in [0, 0.05) is 24.9 Å². The Hall–Kier alpha value is -1.30. The SMILES string of the molecule is Cc1nnsc1C(=O)N1CCCC1C1CCCC1=O. The molecule has 5 nitrogen and oxygen atoms in total. The molecule has 102 valence electrons. The molecule has 19 heavy (non-hydrogen) atoms. The molecule has 0 N–H and O–H groups in total. The van der Waals surface area contributed by atoms with Crippen LogP contribution in [-0.4, -0.2) is 38.8 Å². The zero-order valence-electron chi connectivity index (χ0n) is 11.0. The van der Waals surface area contributed by atoms with E-state index in [4.69, 9.17) is 0 Å². The number of carbonyl (C=O) groups excluding carboxylic acids is 2. The minimum absolute atomic E-state index is 0.00898. The van der Waals surface area contributed by atoms with Crippen LogP contribution in [-0.2, 0) is 4.79 Å². The molecule has 1 aromatic heterocycles. The van der Waals surface area contributed by atoms with Crippen molar-refractivity contribution in [3.8, 4) is 0 Å². The average molecular weight is 279 g/mol. The smallest absolute Gasteiger partial charge is 0.267 e. The number of hydrogen-bond acceptors (Lipinski definition) is 5. The van der Waals surface area contributed by atoms with Crippen LogP contribution in [0, 0.1) is 12.8 Å². The van der Waals surface area contributed by atoms with Crippen molar-refractivity contribution in [3.05, 3.63) is 10.6 Å². The van der Waals surface area contributed by atoms with Gasteiger partial charge in [-0.1, -0.05) is 4.49 Å². The highest BCUT2D eigenvalue weighted by atomic mass is 32.1. The van der Waals surface area contributed by atoms with Gasteiger partial charge in [0.2, 0.25) is 0 Å². The number of carbonyl (C=O) groups is 2. The molecule has 6 heteroatoms. The summed E-state index contributed by atoms with van der Waals surface area (Å²) in [5.41, 5.74) is 0.693. The van der Waals surface area contributed by atoms with Crippen molar-refractivity contribution < 1.29 is 9.59 Å². The van der Waals surface area contributed by atoms with Gasteiger partial charge in [0.1, 0.15) is 10.7 Å². The first-order valence-corrected chi connectivity index (χ1v) is 7.58. The third-order valence-electron chi connectivity index (χ3n) is 4.22. The summed E-state index contributed by atoms with van der Waals surface area (Å²) in [7, 11) is 0. The van der Waals surface area contributed by atoms with Gasteiger partial charge in [0.05, 0.1) is 5.69 Å². The fraction of sp³-hybridized carbons (Fsp3) is 0.692. The minimum atomic E-state index is 0.00898. The van der Waals surface area contributed by atoms with Crippen molar-refractivity contribution in [1.82, 2.24) is 14.5 Å². The van der Waals surface area contributed by atoms with Crippen LogP contribution in [0.15, 0.2) is 0 Å². The molecule has 1 saturated heterocycles. The number of hydrogen-bond donors (Lipinski definition) is 0. The van der Waals surface area contributed by atoms with E-state index in [9.17, 15) is 9.59 Å². The van der Waals surface area contributed by atoms with Crippen molar-refractivity contribution in [2.24, 2.45) is 5.92 Å². The van der Waals surface area contributed by atoms with Crippen LogP contribution >= 0.6 is 11.5 Å². The second kappa shape index (κ2) is 5.00. The molecular formula is C13H17N3O2S. The Balaban J connectivity index is 1.81. The number of amides is 1. The Labute approximate surface area is 116 Å². The summed E-state index contributed by atoms with van der Waals surface area (Å²) in [6, 6.07) is 0.101. The van der Waals surface area contributed by atoms with Crippen LogP contribution < -0.4 is 0 Å². The first-order chi connectivity index (χ1) is 9.18. The lowest BCUT2D eigenvalue weighted by molar-refractivity contribution is -0.121. The molecule has 1 aliphatic carbocycles. The first kappa shape index (κ1) is 12.7. The normalized spacial score (nSPS) is 27.2. The molecule has 3 rings (SSSR count). The molecule has 1 amide bonds. The van der Waals surface area contributed by atoms with Crippen molar-refractivity contribution >= 4 is 23.2 Å². The van der Waals surface area contributed by atoms with E-state index in [0.29, 0.717) is 22.8 Å². The summed E-state index contributed by atoms with van der Waals surface area (Å²) in [4.78, 5) is 27.0. The molecule has 0 aromatic carbocycles.